The van der Waals surface area contributed by atoms with E-state index in [1.165, 1.54) is 12.8 Å². The van der Waals surface area contributed by atoms with E-state index in [1.807, 2.05) is 7.11 Å². The summed E-state index contributed by atoms with van der Waals surface area (Å²) in [7, 11) is 1.83. The summed E-state index contributed by atoms with van der Waals surface area (Å²) in [6.07, 6.45) is 5.66. The predicted octanol–water partition coefficient (Wildman–Crippen LogP) is 1.84. The molecule has 18 heavy (non-hydrogen) atoms. The maximum atomic E-state index is 5.94. The normalized spacial score (nSPS) is 32.3. The summed E-state index contributed by atoms with van der Waals surface area (Å²) >= 11 is 0. The number of ether oxygens (including phenoxy) is 2. The molecule has 2 fully saturated rings. The summed E-state index contributed by atoms with van der Waals surface area (Å²) in [4.78, 5) is 0. The number of hydrazine groups is 1. The van der Waals surface area contributed by atoms with E-state index in [9.17, 15) is 0 Å². The van der Waals surface area contributed by atoms with Crippen molar-refractivity contribution in [3.63, 3.8) is 0 Å². The summed E-state index contributed by atoms with van der Waals surface area (Å²) in [6.45, 7) is 6.35. The van der Waals surface area contributed by atoms with Crippen molar-refractivity contribution in [2.75, 3.05) is 20.3 Å². The Morgan fingerprint density at radius 2 is 1.94 bits per heavy atom. The van der Waals surface area contributed by atoms with Gasteiger partial charge in [-0.2, -0.15) is 0 Å². The van der Waals surface area contributed by atoms with Gasteiger partial charge in [-0.25, -0.2) is 0 Å². The second kappa shape index (κ2) is 5.45. The molecule has 0 spiro atoms. The molecule has 1 aliphatic heterocycles. The Labute approximate surface area is 111 Å². The second-order valence-corrected chi connectivity index (χ2v) is 6.70. The van der Waals surface area contributed by atoms with E-state index < -0.39 is 0 Å². The van der Waals surface area contributed by atoms with E-state index in [0.717, 1.165) is 32.5 Å². The van der Waals surface area contributed by atoms with Crippen LogP contribution in [0.1, 0.15) is 46.0 Å². The summed E-state index contributed by atoms with van der Waals surface area (Å²) in [6, 6.07) is 0.209. The zero-order chi connectivity index (χ0) is 13.2. The summed E-state index contributed by atoms with van der Waals surface area (Å²) in [5, 5.41) is 0. The average Bonchev–Trinajstić information content (AvgIpc) is 2.86. The SMILES string of the molecule is COC1(C(NN)C2CCOC2)CCC(C)(C)CC1. The molecule has 2 atom stereocenters. The molecule has 1 heterocycles. The van der Waals surface area contributed by atoms with Crippen molar-refractivity contribution < 1.29 is 9.47 Å². The zero-order valence-corrected chi connectivity index (χ0v) is 12.0. The highest BCUT2D eigenvalue weighted by atomic mass is 16.5. The van der Waals surface area contributed by atoms with Crippen LogP contribution in [-0.2, 0) is 9.47 Å². The van der Waals surface area contributed by atoms with E-state index in [2.05, 4.69) is 19.3 Å². The fraction of sp³-hybridized carbons (Fsp3) is 1.00. The highest BCUT2D eigenvalue weighted by molar-refractivity contribution is 5.01. The molecule has 4 nitrogen and oxygen atoms in total. The molecule has 2 aliphatic rings. The standard InChI is InChI=1S/C14H28N2O2/c1-13(2)5-7-14(17-3,8-6-13)12(16-15)11-4-9-18-10-11/h11-12,16H,4-10,15H2,1-3H3. The lowest BCUT2D eigenvalue weighted by atomic mass is 9.66. The zero-order valence-electron chi connectivity index (χ0n) is 12.0. The Bertz CT molecular complexity index is 265. The third-order valence-corrected chi connectivity index (χ3v) is 5.04. The second-order valence-electron chi connectivity index (χ2n) is 6.70. The van der Waals surface area contributed by atoms with Gasteiger partial charge in [0.2, 0.25) is 0 Å². The van der Waals surface area contributed by atoms with Crippen LogP contribution < -0.4 is 11.3 Å². The topological polar surface area (TPSA) is 56.5 Å². The average molecular weight is 256 g/mol. The van der Waals surface area contributed by atoms with Crippen molar-refractivity contribution in [2.45, 2.75) is 57.6 Å². The number of nitrogens with two attached hydrogens (primary N) is 1. The smallest absolute Gasteiger partial charge is 0.0848 e. The van der Waals surface area contributed by atoms with E-state index >= 15 is 0 Å². The fourth-order valence-corrected chi connectivity index (χ4v) is 3.53. The quantitative estimate of drug-likeness (QED) is 0.595. The summed E-state index contributed by atoms with van der Waals surface area (Å²) in [5.41, 5.74) is 3.36. The van der Waals surface area contributed by atoms with Crippen LogP contribution in [0.5, 0.6) is 0 Å². The third kappa shape index (κ3) is 2.72. The molecule has 0 bridgehead atoms. The molecule has 1 saturated heterocycles. The lowest BCUT2D eigenvalue weighted by Crippen LogP contribution is -2.60. The van der Waals surface area contributed by atoms with Crippen LogP contribution in [0.3, 0.4) is 0 Å². The van der Waals surface area contributed by atoms with Gasteiger partial charge in [-0.3, -0.25) is 11.3 Å². The van der Waals surface area contributed by atoms with E-state index in [1.54, 1.807) is 0 Å². The molecule has 1 saturated carbocycles. The third-order valence-electron chi connectivity index (χ3n) is 5.04. The molecule has 0 amide bonds. The number of hydrogen-bond donors (Lipinski definition) is 2. The van der Waals surface area contributed by atoms with Crippen LogP contribution in [0.15, 0.2) is 0 Å². The number of methoxy groups -OCH3 is 1. The lowest BCUT2D eigenvalue weighted by molar-refractivity contribution is -0.0991. The van der Waals surface area contributed by atoms with Crippen LogP contribution in [-0.4, -0.2) is 32.0 Å². The summed E-state index contributed by atoms with van der Waals surface area (Å²) < 4.78 is 11.4. The van der Waals surface area contributed by atoms with Crippen molar-refractivity contribution in [3.8, 4) is 0 Å². The first-order valence-corrected chi connectivity index (χ1v) is 7.12. The van der Waals surface area contributed by atoms with Crippen LogP contribution in [0, 0.1) is 11.3 Å². The summed E-state index contributed by atoms with van der Waals surface area (Å²) in [5.74, 6) is 6.31. The highest BCUT2D eigenvalue weighted by Crippen LogP contribution is 2.45. The molecule has 2 unspecified atom stereocenters. The molecule has 2 rings (SSSR count). The van der Waals surface area contributed by atoms with Crippen LogP contribution >= 0.6 is 0 Å². The van der Waals surface area contributed by atoms with Crippen molar-refractivity contribution in [3.05, 3.63) is 0 Å². The van der Waals surface area contributed by atoms with Gasteiger partial charge in [0.15, 0.2) is 0 Å². The van der Waals surface area contributed by atoms with Crippen LogP contribution in [0.25, 0.3) is 0 Å². The fourth-order valence-electron chi connectivity index (χ4n) is 3.53. The molecular formula is C14H28N2O2. The minimum Gasteiger partial charge on any atom is -0.381 e. The Hall–Kier alpha value is -0.160. The van der Waals surface area contributed by atoms with Gasteiger partial charge in [0.25, 0.3) is 0 Å². The molecule has 1 aliphatic carbocycles. The number of hydrogen-bond acceptors (Lipinski definition) is 4. The van der Waals surface area contributed by atoms with E-state index in [0.29, 0.717) is 11.3 Å². The highest BCUT2D eigenvalue weighted by Gasteiger charge is 2.47. The Morgan fingerprint density at radius 3 is 2.39 bits per heavy atom. The van der Waals surface area contributed by atoms with Gasteiger partial charge < -0.3 is 9.47 Å². The van der Waals surface area contributed by atoms with Crippen molar-refractivity contribution in [1.82, 2.24) is 5.43 Å². The molecule has 106 valence electrons. The van der Waals surface area contributed by atoms with Crippen molar-refractivity contribution in [2.24, 2.45) is 17.2 Å². The van der Waals surface area contributed by atoms with Gasteiger partial charge in [0.1, 0.15) is 0 Å². The van der Waals surface area contributed by atoms with Crippen molar-refractivity contribution in [1.29, 1.82) is 0 Å². The molecule has 0 aromatic carbocycles. The van der Waals surface area contributed by atoms with Gasteiger partial charge in [0, 0.05) is 19.6 Å². The first-order valence-electron chi connectivity index (χ1n) is 7.12. The Kier molecular flexibility index (Phi) is 4.32. The maximum Gasteiger partial charge on any atom is 0.0848 e. The number of rotatable bonds is 4. The van der Waals surface area contributed by atoms with Gasteiger partial charge in [0.05, 0.1) is 18.2 Å². The molecule has 0 aromatic rings. The van der Waals surface area contributed by atoms with Gasteiger partial charge >= 0.3 is 0 Å². The van der Waals surface area contributed by atoms with Gasteiger partial charge in [-0.15, -0.1) is 0 Å². The molecule has 0 radical (unpaired) electrons. The van der Waals surface area contributed by atoms with Crippen LogP contribution in [0.4, 0.5) is 0 Å². The maximum absolute atomic E-state index is 5.94. The minimum absolute atomic E-state index is 0.108. The van der Waals surface area contributed by atoms with Crippen molar-refractivity contribution >= 4 is 0 Å². The first-order chi connectivity index (χ1) is 8.53. The van der Waals surface area contributed by atoms with E-state index in [4.69, 9.17) is 15.3 Å². The largest absolute Gasteiger partial charge is 0.381 e. The van der Waals surface area contributed by atoms with Gasteiger partial charge in [-0.1, -0.05) is 13.8 Å². The van der Waals surface area contributed by atoms with Crippen LogP contribution in [0.2, 0.25) is 0 Å². The number of nitrogens with one attached hydrogen (secondary N) is 1. The molecule has 4 heteroatoms. The predicted molar refractivity (Wildman–Crippen MR) is 72.0 cm³/mol. The monoisotopic (exact) mass is 256 g/mol. The van der Waals surface area contributed by atoms with E-state index in [-0.39, 0.29) is 11.6 Å². The van der Waals surface area contributed by atoms with Gasteiger partial charge in [-0.05, 0) is 37.5 Å². The Balaban J connectivity index is 2.10. The minimum atomic E-state index is -0.108. The first kappa shape index (κ1) is 14.3. The molecule has 0 aromatic heterocycles. The lowest BCUT2D eigenvalue weighted by Gasteiger charge is -2.48. The Morgan fingerprint density at radius 1 is 1.28 bits per heavy atom. The molecule has 3 N–H and O–H groups in total. The molecular weight excluding hydrogens is 228 g/mol.